The number of benzene rings is 1. The monoisotopic (exact) mass is 318 g/mol. The van der Waals surface area contributed by atoms with Crippen LogP contribution in [0.3, 0.4) is 0 Å². The van der Waals surface area contributed by atoms with Gasteiger partial charge in [0.25, 0.3) is 0 Å². The van der Waals surface area contributed by atoms with Crippen molar-refractivity contribution in [1.29, 1.82) is 0 Å². The Kier molecular flexibility index (Phi) is 6.72. The lowest BCUT2D eigenvalue weighted by atomic mass is 10.2. The molecule has 1 aliphatic heterocycles. The van der Waals surface area contributed by atoms with Crippen molar-refractivity contribution in [3.8, 4) is 5.75 Å². The van der Waals surface area contributed by atoms with E-state index in [0.717, 1.165) is 43.8 Å². The molecule has 2 rings (SSSR count). The number of amides is 1. The molecule has 1 aliphatic rings. The second-order valence-electron chi connectivity index (χ2n) is 5.45. The summed E-state index contributed by atoms with van der Waals surface area (Å²) in [6, 6.07) is 7.80. The van der Waals surface area contributed by atoms with E-state index in [1.165, 1.54) is 0 Å². The molecular formula is C17H26N4O2. The first-order valence-electron chi connectivity index (χ1n) is 8.16. The molecule has 0 saturated carbocycles. The molecule has 0 bridgehead atoms. The number of ether oxygens (including phenoxy) is 1. The van der Waals surface area contributed by atoms with Crippen LogP contribution in [-0.4, -0.2) is 50.1 Å². The van der Waals surface area contributed by atoms with Gasteiger partial charge in [0.1, 0.15) is 5.75 Å². The quantitative estimate of drug-likeness (QED) is 0.614. The van der Waals surface area contributed by atoms with Gasteiger partial charge in [-0.05, 0) is 25.8 Å². The summed E-state index contributed by atoms with van der Waals surface area (Å²) in [5.74, 6) is 1.59. The van der Waals surface area contributed by atoms with Gasteiger partial charge in [-0.25, -0.2) is 4.99 Å². The fourth-order valence-electron chi connectivity index (χ4n) is 2.58. The minimum Gasteiger partial charge on any atom is -0.496 e. The number of hydrogen-bond donors (Lipinski definition) is 2. The van der Waals surface area contributed by atoms with E-state index >= 15 is 0 Å². The molecule has 1 aromatic rings. The summed E-state index contributed by atoms with van der Waals surface area (Å²) < 4.78 is 5.33. The molecule has 0 aliphatic carbocycles. The maximum Gasteiger partial charge on any atom is 0.241 e. The first-order chi connectivity index (χ1) is 11.2. The van der Waals surface area contributed by atoms with Crippen LogP contribution in [0.25, 0.3) is 0 Å². The standard InChI is InChI=1S/C17H26N4O2/c1-3-18-17(20-13-16(22)21-10-6-7-11-21)19-12-14-8-4-5-9-15(14)23-2/h4-5,8-9H,3,6-7,10-13H2,1-2H3,(H2,18,19,20). The Morgan fingerprint density at radius 1 is 1.26 bits per heavy atom. The highest BCUT2D eigenvalue weighted by molar-refractivity contribution is 5.86. The van der Waals surface area contributed by atoms with Crippen LogP contribution < -0.4 is 15.4 Å². The van der Waals surface area contributed by atoms with Crippen molar-refractivity contribution >= 4 is 11.9 Å². The third-order valence-corrected chi connectivity index (χ3v) is 3.81. The SMILES string of the molecule is CCNC(=NCc1ccccc1OC)NCC(=O)N1CCCC1. The highest BCUT2D eigenvalue weighted by Gasteiger charge is 2.17. The van der Waals surface area contributed by atoms with Crippen molar-refractivity contribution in [3.05, 3.63) is 29.8 Å². The van der Waals surface area contributed by atoms with Crippen molar-refractivity contribution in [3.63, 3.8) is 0 Å². The van der Waals surface area contributed by atoms with Crippen molar-refractivity contribution in [1.82, 2.24) is 15.5 Å². The van der Waals surface area contributed by atoms with Crippen LogP contribution >= 0.6 is 0 Å². The van der Waals surface area contributed by atoms with Crippen LogP contribution in [0.2, 0.25) is 0 Å². The fourth-order valence-corrected chi connectivity index (χ4v) is 2.58. The maximum absolute atomic E-state index is 12.1. The maximum atomic E-state index is 12.1. The van der Waals surface area contributed by atoms with Crippen LogP contribution in [0.4, 0.5) is 0 Å². The molecule has 1 heterocycles. The first-order valence-corrected chi connectivity index (χ1v) is 8.16. The van der Waals surface area contributed by atoms with Crippen LogP contribution in [0.5, 0.6) is 5.75 Å². The van der Waals surface area contributed by atoms with Gasteiger partial charge in [0.2, 0.25) is 5.91 Å². The third-order valence-electron chi connectivity index (χ3n) is 3.81. The molecule has 6 nitrogen and oxygen atoms in total. The molecule has 1 aromatic carbocycles. The predicted molar refractivity (Wildman–Crippen MR) is 91.6 cm³/mol. The molecule has 0 unspecified atom stereocenters. The van der Waals surface area contributed by atoms with E-state index in [2.05, 4.69) is 15.6 Å². The molecular weight excluding hydrogens is 292 g/mol. The number of methoxy groups -OCH3 is 1. The van der Waals surface area contributed by atoms with Gasteiger partial charge >= 0.3 is 0 Å². The molecule has 1 amide bonds. The zero-order valence-corrected chi connectivity index (χ0v) is 14.0. The summed E-state index contributed by atoms with van der Waals surface area (Å²) in [4.78, 5) is 18.5. The lowest BCUT2D eigenvalue weighted by Gasteiger charge is -2.17. The number of aliphatic imine (C=N–C) groups is 1. The van der Waals surface area contributed by atoms with E-state index in [1.807, 2.05) is 36.1 Å². The number of nitrogens with zero attached hydrogens (tertiary/aromatic N) is 2. The van der Waals surface area contributed by atoms with Gasteiger partial charge in [-0.15, -0.1) is 0 Å². The molecule has 2 N–H and O–H groups in total. The number of likely N-dealkylation sites (tertiary alicyclic amines) is 1. The van der Waals surface area contributed by atoms with Crippen LogP contribution in [-0.2, 0) is 11.3 Å². The predicted octanol–water partition coefficient (Wildman–Crippen LogP) is 1.37. The topological polar surface area (TPSA) is 66.0 Å². The normalized spacial score (nSPS) is 14.7. The second-order valence-corrected chi connectivity index (χ2v) is 5.45. The fraction of sp³-hybridized carbons (Fsp3) is 0.529. The highest BCUT2D eigenvalue weighted by atomic mass is 16.5. The zero-order chi connectivity index (χ0) is 16.5. The molecule has 1 fully saturated rings. The Balaban J connectivity index is 1.92. The van der Waals surface area contributed by atoms with Gasteiger partial charge in [0.05, 0.1) is 20.2 Å². The molecule has 23 heavy (non-hydrogen) atoms. The molecule has 126 valence electrons. The summed E-state index contributed by atoms with van der Waals surface area (Å²) in [6.45, 7) is 5.26. The van der Waals surface area contributed by atoms with Gasteiger partial charge in [-0.2, -0.15) is 0 Å². The smallest absolute Gasteiger partial charge is 0.241 e. The van der Waals surface area contributed by atoms with Crippen molar-refractivity contribution in [2.24, 2.45) is 4.99 Å². The number of rotatable bonds is 6. The summed E-state index contributed by atoms with van der Waals surface area (Å²) in [6.07, 6.45) is 2.21. The Bertz CT molecular complexity index is 539. The van der Waals surface area contributed by atoms with Crippen LogP contribution in [0, 0.1) is 0 Å². The van der Waals surface area contributed by atoms with Gasteiger partial charge in [0.15, 0.2) is 5.96 Å². The lowest BCUT2D eigenvalue weighted by molar-refractivity contribution is -0.128. The van der Waals surface area contributed by atoms with Crippen molar-refractivity contribution < 1.29 is 9.53 Å². The van der Waals surface area contributed by atoms with Gasteiger partial charge in [-0.3, -0.25) is 4.79 Å². The second kappa shape index (κ2) is 9.02. The number of para-hydroxylation sites is 1. The van der Waals surface area contributed by atoms with Gasteiger partial charge in [0, 0.05) is 25.2 Å². The zero-order valence-electron chi connectivity index (χ0n) is 14.0. The first kappa shape index (κ1) is 17.1. The molecule has 0 atom stereocenters. The molecule has 0 aromatic heterocycles. The minimum atomic E-state index is 0.130. The Morgan fingerprint density at radius 2 is 2.00 bits per heavy atom. The molecule has 0 spiro atoms. The molecule has 1 saturated heterocycles. The number of nitrogens with one attached hydrogen (secondary N) is 2. The average Bonchev–Trinajstić information content (AvgIpc) is 3.12. The number of guanidine groups is 1. The average molecular weight is 318 g/mol. The van der Waals surface area contributed by atoms with E-state index in [-0.39, 0.29) is 12.5 Å². The Labute approximate surface area is 137 Å². The van der Waals surface area contributed by atoms with Crippen molar-refractivity contribution in [2.75, 3.05) is 33.3 Å². The van der Waals surface area contributed by atoms with E-state index in [1.54, 1.807) is 7.11 Å². The number of carbonyl (C=O) groups excluding carboxylic acids is 1. The number of hydrogen-bond acceptors (Lipinski definition) is 3. The summed E-state index contributed by atoms with van der Waals surface area (Å²) in [7, 11) is 1.65. The Hall–Kier alpha value is -2.24. The van der Waals surface area contributed by atoms with E-state index in [4.69, 9.17) is 4.74 Å². The van der Waals surface area contributed by atoms with E-state index in [9.17, 15) is 4.79 Å². The van der Waals surface area contributed by atoms with Gasteiger partial charge < -0.3 is 20.3 Å². The summed E-state index contributed by atoms with van der Waals surface area (Å²) in [5.41, 5.74) is 1.01. The Morgan fingerprint density at radius 3 is 2.70 bits per heavy atom. The lowest BCUT2D eigenvalue weighted by Crippen LogP contribution is -2.44. The van der Waals surface area contributed by atoms with Crippen LogP contribution in [0.1, 0.15) is 25.3 Å². The summed E-state index contributed by atoms with van der Waals surface area (Å²) in [5, 5.41) is 6.28. The van der Waals surface area contributed by atoms with E-state index in [0.29, 0.717) is 12.5 Å². The van der Waals surface area contributed by atoms with Crippen LogP contribution in [0.15, 0.2) is 29.3 Å². The molecule has 0 radical (unpaired) electrons. The van der Waals surface area contributed by atoms with Crippen molar-refractivity contribution in [2.45, 2.75) is 26.3 Å². The summed E-state index contributed by atoms with van der Waals surface area (Å²) >= 11 is 0. The minimum absolute atomic E-state index is 0.130. The highest BCUT2D eigenvalue weighted by Crippen LogP contribution is 2.17. The third kappa shape index (κ3) is 5.16. The van der Waals surface area contributed by atoms with Gasteiger partial charge in [-0.1, -0.05) is 18.2 Å². The number of carbonyl (C=O) groups is 1. The van der Waals surface area contributed by atoms with E-state index < -0.39 is 0 Å². The molecule has 6 heteroatoms. The largest absolute Gasteiger partial charge is 0.496 e.